The van der Waals surface area contributed by atoms with Gasteiger partial charge in [0, 0.05) is 0 Å². The second-order valence-corrected chi connectivity index (χ2v) is 6.84. The molecule has 0 saturated heterocycles. The van der Waals surface area contributed by atoms with E-state index in [0.717, 1.165) is 17.2 Å². The van der Waals surface area contributed by atoms with Crippen molar-refractivity contribution >= 4 is 11.4 Å². The summed E-state index contributed by atoms with van der Waals surface area (Å²) in [5, 5.41) is 3.63. The van der Waals surface area contributed by atoms with Gasteiger partial charge in [-0.15, -0.1) is 0 Å². The van der Waals surface area contributed by atoms with Gasteiger partial charge in [0.05, 0.1) is 11.4 Å². The van der Waals surface area contributed by atoms with Crippen molar-refractivity contribution in [3.63, 3.8) is 0 Å². The van der Waals surface area contributed by atoms with Crippen LogP contribution in [0.3, 0.4) is 0 Å². The first-order valence-electron chi connectivity index (χ1n) is 9.08. The fraction of sp³-hybridized carbons (Fsp3) is 0.429. The zero-order valence-corrected chi connectivity index (χ0v) is 13.7. The molecule has 2 nitrogen and oxygen atoms in total. The molecule has 0 atom stereocenters. The number of anilines is 2. The lowest BCUT2D eigenvalue weighted by Crippen LogP contribution is -2.08. The fourth-order valence-electron chi connectivity index (χ4n) is 3.96. The van der Waals surface area contributed by atoms with Crippen molar-refractivity contribution in [1.82, 2.24) is 0 Å². The Morgan fingerprint density at radius 3 is 2.26 bits per heavy atom. The van der Waals surface area contributed by atoms with Gasteiger partial charge in [0.25, 0.3) is 0 Å². The van der Waals surface area contributed by atoms with Crippen LogP contribution in [0.4, 0.5) is 11.4 Å². The van der Waals surface area contributed by atoms with Gasteiger partial charge >= 0.3 is 0 Å². The van der Waals surface area contributed by atoms with Crippen molar-refractivity contribution in [1.29, 1.82) is 0 Å². The van der Waals surface area contributed by atoms with Crippen LogP contribution in [-0.4, -0.2) is 0 Å². The van der Waals surface area contributed by atoms with E-state index >= 15 is 0 Å². The Morgan fingerprint density at radius 1 is 0.739 bits per heavy atom. The van der Waals surface area contributed by atoms with E-state index in [1.54, 1.807) is 0 Å². The lowest BCUT2D eigenvalue weighted by Gasteiger charge is -2.27. The minimum Gasteiger partial charge on any atom is -0.453 e. The third-order valence-electron chi connectivity index (χ3n) is 5.22. The summed E-state index contributed by atoms with van der Waals surface area (Å²) in [5.74, 6) is 2.55. The molecule has 1 aliphatic carbocycles. The SMILES string of the molecule is c1ccc2c(c1)Nc1c(cccc1C1CCCCCCCC1)O2. The lowest BCUT2D eigenvalue weighted by atomic mass is 9.88. The maximum absolute atomic E-state index is 6.13. The number of ether oxygens (including phenoxy) is 1. The van der Waals surface area contributed by atoms with Crippen LogP contribution < -0.4 is 10.1 Å². The smallest absolute Gasteiger partial charge is 0.151 e. The number of fused-ring (bicyclic) bond motifs is 2. The topological polar surface area (TPSA) is 21.3 Å². The van der Waals surface area contributed by atoms with Crippen molar-refractivity contribution < 1.29 is 4.74 Å². The summed E-state index contributed by atoms with van der Waals surface area (Å²) in [4.78, 5) is 0. The molecule has 0 bridgehead atoms. The van der Waals surface area contributed by atoms with Gasteiger partial charge in [0.15, 0.2) is 11.5 Å². The zero-order chi connectivity index (χ0) is 15.5. The van der Waals surface area contributed by atoms with Crippen LogP contribution in [-0.2, 0) is 0 Å². The van der Waals surface area contributed by atoms with Crippen molar-refractivity contribution in [2.24, 2.45) is 0 Å². The van der Waals surface area contributed by atoms with Gasteiger partial charge in [-0.3, -0.25) is 0 Å². The van der Waals surface area contributed by atoms with Gasteiger partial charge in [-0.05, 0) is 42.5 Å². The molecule has 1 aliphatic heterocycles. The van der Waals surface area contributed by atoms with Crippen LogP contribution in [0.2, 0.25) is 0 Å². The third-order valence-corrected chi connectivity index (χ3v) is 5.22. The van der Waals surface area contributed by atoms with Crippen LogP contribution in [0.15, 0.2) is 42.5 Å². The molecule has 0 amide bonds. The third kappa shape index (κ3) is 3.08. The fourth-order valence-corrected chi connectivity index (χ4v) is 3.96. The van der Waals surface area contributed by atoms with Crippen LogP contribution in [0.1, 0.15) is 62.8 Å². The molecule has 1 N–H and O–H groups in total. The largest absolute Gasteiger partial charge is 0.453 e. The summed E-state index contributed by atoms with van der Waals surface area (Å²) >= 11 is 0. The second kappa shape index (κ2) is 6.66. The van der Waals surface area contributed by atoms with E-state index in [1.807, 2.05) is 12.1 Å². The van der Waals surface area contributed by atoms with Crippen LogP contribution in [0, 0.1) is 0 Å². The Morgan fingerprint density at radius 2 is 1.43 bits per heavy atom. The molecular weight excluding hydrogens is 282 g/mol. The molecule has 0 unspecified atom stereocenters. The predicted molar refractivity (Wildman–Crippen MR) is 95.9 cm³/mol. The summed E-state index contributed by atoms with van der Waals surface area (Å²) in [7, 11) is 0. The molecule has 1 heterocycles. The first-order valence-corrected chi connectivity index (χ1v) is 9.08. The van der Waals surface area contributed by atoms with E-state index in [9.17, 15) is 0 Å². The summed E-state index contributed by atoms with van der Waals surface area (Å²) in [6.07, 6.45) is 10.9. The average molecular weight is 307 g/mol. The monoisotopic (exact) mass is 307 g/mol. The first kappa shape index (κ1) is 14.6. The van der Waals surface area contributed by atoms with Crippen LogP contribution in [0.5, 0.6) is 11.5 Å². The number of nitrogens with one attached hydrogen (secondary N) is 1. The highest BCUT2D eigenvalue weighted by molar-refractivity contribution is 5.78. The summed E-state index contributed by atoms with van der Waals surface area (Å²) in [6, 6.07) is 14.7. The van der Waals surface area contributed by atoms with Crippen LogP contribution >= 0.6 is 0 Å². The van der Waals surface area contributed by atoms with Gasteiger partial charge in [-0.1, -0.05) is 62.8 Å². The first-order chi connectivity index (χ1) is 11.4. The Bertz CT molecular complexity index is 669. The maximum atomic E-state index is 6.13. The molecule has 0 aromatic heterocycles. The van der Waals surface area contributed by atoms with E-state index in [-0.39, 0.29) is 0 Å². The number of para-hydroxylation sites is 3. The highest BCUT2D eigenvalue weighted by Gasteiger charge is 2.23. The zero-order valence-electron chi connectivity index (χ0n) is 13.7. The Hall–Kier alpha value is -1.96. The Balaban J connectivity index is 1.65. The highest BCUT2D eigenvalue weighted by atomic mass is 16.5. The predicted octanol–water partition coefficient (Wildman–Crippen LogP) is 6.75. The van der Waals surface area contributed by atoms with Crippen molar-refractivity contribution in [2.75, 3.05) is 5.32 Å². The minimum atomic E-state index is 0.657. The molecule has 0 spiro atoms. The number of rotatable bonds is 1. The second-order valence-electron chi connectivity index (χ2n) is 6.84. The van der Waals surface area contributed by atoms with E-state index < -0.39 is 0 Å². The molecule has 1 saturated carbocycles. The van der Waals surface area contributed by atoms with Gasteiger partial charge in [0.1, 0.15) is 0 Å². The summed E-state index contributed by atoms with van der Waals surface area (Å²) in [5.41, 5.74) is 3.71. The van der Waals surface area contributed by atoms with Gasteiger partial charge in [0.2, 0.25) is 0 Å². The van der Waals surface area contributed by atoms with Gasteiger partial charge in [-0.2, -0.15) is 0 Å². The molecule has 1 fully saturated rings. The van der Waals surface area contributed by atoms with E-state index in [4.69, 9.17) is 4.74 Å². The highest BCUT2D eigenvalue weighted by Crippen LogP contribution is 2.46. The number of benzene rings is 2. The minimum absolute atomic E-state index is 0.657. The van der Waals surface area contributed by atoms with Crippen LogP contribution in [0.25, 0.3) is 0 Å². The number of hydrogen-bond donors (Lipinski definition) is 1. The molecule has 2 aromatic carbocycles. The summed E-state index contributed by atoms with van der Waals surface area (Å²) < 4.78 is 6.13. The molecule has 120 valence electrons. The Kier molecular flexibility index (Phi) is 4.23. The van der Waals surface area contributed by atoms with E-state index in [1.165, 1.54) is 62.6 Å². The standard InChI is InChI=1S/C21H25NO/c1-2-4-6-11-16(10-5-3-1)17-12-9-15-20-21(17)22-18-13-7-8-14-19(18)23-20/h7-9,12-16,22H,1-6,10-11H2. The Labute approximate surface area is 138 Å². The van der Waals surface area contributed by atoms with Crippen molar-refractivity contribution in [3.8, 4) is 11.5 Å². The lowest BCUT2D eigenvalue weighted by molar-refractivity contribution is 0.477. The molecule has 2 aliphatic rings. The number of hydrogen-bond acceptors (Lipinski definition) is 2. The molecular formula is C21H25NO. The molecule has 0 radical (unpaired) electrons. The molecule has 4 rings (SSSR count). The molecule has 2 aromatic rings. The maximum Gasteiger partial charge on any atom is 0.151 e. The average Bonchev–Trinajstić information content (AvgIpc) is 2.73. The molecule has 2 heteroatoms. The normalized spacial score (nSPS) is 18.4. The quantitative estimate of drug-likeness (QED) is 0.536. The van der Waals surface area contributed by atoms with E-state index in [0.29, 0.717) is 5.92 Å². The van der Waals surface area contributed by atoms with Crippen molar-refractivity contribution in [3.05, 3.63) is 48.0 Å². The van der Waals surface area contributed by atoms with Gasteiger partial charge in [-0.25, -0.2) is 0 Å². The summed E-state index contributed by atoms with van der Waals surface area (Å²) in [6.45, 7) is 0. The molecule has 23 heavy (non-hydrogen) atoms. The van der Waals surface area contributed by atoms with Crippen molar-refractivity contribution in [2.45, 2.75) is 57.3 Å². The van der Waals surface area contributed by atoms with Gasteiger partial charge < -0.3 is 10.1 Å². The van der Waals surface area contributed by atoms with E-state index in [2.05, 4.69) is 35.6 Å².